The van der Waals surface area contributed by atoms with Gasteiger partial charge in [-0.15, -0.1) is 0 Å². The van der Waals surface area contributed by atoms with Gasteiger partial charge in [-0.25, -0.2) is 8.42 Å². The van der Waals surface area contributed by atoms with Crippen LogP contribution in [0.4, 0.5) is 13.2 Å². The van der Waals surface area contributed by atoms with Crippen molar-refractivity contribution in [2.24, 2.45) is 5.92 Å². The Morgan fingerprint density at radius 1 is 1.17 bits per heavy atom. The van der Waals surface area contributed by atoms with Crippen LogP contribution in [0.2, 0.25) is 0 Å². The van der Waals surface area contributed by atoms with Crippen LogP contribution < -0.4 is 5.32 Å². The van der Waals surface area contributed by atoms with Crippen LogP contribution in [0.5, 0.6) is 0 Å². The zero-order valence-electron chi connectivity index (χ0n) is 20.0. The van der Waals surface area contributed by atoms with Gasteiger partial charge < -0.3 is 10.4 Å². The van der Waals surface area contributed by atoms with Crippen LogP contribution in [-0.2, 0) is 22.9 Å². The molecule has 1 aromatic heterocycles. The molecule has 1 unspecified atom stereocenters. The molecule has 2 aromatic rings. The fourth-order valence-corrected chi connectivity index (χ4v) is 5.87. The van der Waals surface area contributed by atoms with Crippen molar-refractivity contribution in [2.75, 3.05) is 12.4 Å². The molecule has 0 saturated heterocycles. The first-order chi connectivity index (χ1) is 17.0. The van der Waals surface area contributed by atoms with E-state index in [2.05, 4.69) is 15.2 Å². The quantitative estimate of drug-likeness (QED) is 0.571. The van der Waals surface area contributed by atoms with Gasteiger partial charge in [-0.2, -0.15) is 13.2 Å². The van der Waals surface area contributed by atoms with Crippen molar-refractivity contribution < 1.29 is 31.5 Å². The number of hydrogen-bond acceptors (Lipinski definition) is 6. The van der Waals surface area contributed by atoms with Crippen LogP contribution in [0.3, 0.4) is 0 Å². The monoisotopic (exact) mass is 525 g/mol. The van der Waals surface area contributed by atoms with E-state index in [1.54, 1.807) is 25.1 Å². The molecule has 0 spiro atoms. The van der Waals surface area contributed by atoms with Crippen LogP contribution in [0, 0.1) is 5.92 Å². The van der Waals surface area contributed by atoms with Gasteiger partial charge in [0.15, 0.2) is 9.84 Å². The zero-order chi connectivity index (χ0) is 26.1. The molecular weight excluding hydrogens is 495 g/mol. The average molecular weight is 526 g/mol. The highest BCUT2D eigenvalue weighted by atomic mass is 32.2. The summed E-state index contributed by atoms with van der Waals surface area (Å²) in [5.74, 6) is -1.68. The van der Waals surface area contributed by atoms with Gasteiger partial charge in [0.2, 0.25) is 0 Å². The fourth-order valence-electron chi connectivity index (χ4n) is 4.99. The Hall–Kier alpha value is -2.50. The number of halogens is 3. The number of nitrogens with zero attached hydrogens (tertiary/aromatic N) is 2. The lowest BCUT2D eigenvalue weighted by Crippen LogP contribution is -2.37. The van der Waals surface area contributed by atoms with Gasteiger partial charge in [0, 0.05) is 25.3 Å². The second-order valence-electron chi connectivity index (χ2n) is 9.46. The molecule has 1 aliphatic heterocycles. The van der Waals surface area contributed by atoms with Gasteiger partial charge in [-0.05, 0) is 55.0 Å². The van der Waals surface area contributed by atoms with Gasteiger partial charge in [-0.1, -0.05) is 19.1 Å². The number of nitrogens with one attached hydrogen (secondary N) is 1. The molecule has 7 nitrogen and oxygen atoms in total. The molecule has 0 radical (unpaired) electrons. The molecule has 1 fully saturated rings. The van der Waals surface area contributed by atoms with Crippen molar-refractivity contribution in [2.45, 2.75) is 68.9 Å². The summed E-state index contributed by atoms with van der Waals surface area (Å²) in [6.45, 7) is 2.26. The summed E-state index contributed by atoms with van der Waals surface area (Å²) in [6.07, 6.45) is -1.43. The minimum absolute atomic E-state index is 0.0237. The summed E-state index contributed by atoms with van der Waals surface area (Å²) in [5.41, 5.74) is 2.57. The van der Waals surface area contributed by atoms with E-state index in [0.717, 1.165) is 11.3 Å². The first kappa shape index (κ1) is 26.6. The van der Waals surface area contributed by atoms with Crippen LogP contribution >= 0.6 is 0 Å². The molecule has 1 amide bonds. The second kappa shape index (κ2) is 10.5. The number of rotatable bonds is 7. The van der Waals surface area contributed by atoms with Crippen LogP contribution in [0.1, 0.15) is 65.8 Å². The highest BCUT2D eigenvalue weighted by Gasteiger charge is 2.42. The molecule has 0 bridgehead atoms. The summed E-state index contributed by atoms with van der Waals surface area (Å²) >= 11 is 0. The van der Waals surface area contributed by atoms with Crippen molar-refractivity contribution in [1.29, 1.82) is 0 Å². The Balaban J connectivity index is 1.39. The van der Waals surface area contributed by atoms with Gasteiger partial charge in [0.25, 0.3) is 5.91 Å². The van der Waals surface area contributed by atoms with E-state index in [1.165, 1.54) is 18.3 Å². The molecule has 11 heteroatoms. The normalized spacial score (nSPS) is 21.7. The number of carbonyl (C=O) groups is 1. The molecule has 2 N–H and O–H groups in total. The fraction of sp³-hybridized carbons (Fsp3) is 0.520. The number of pyridine rings is 1. The summed E-state index contributed by atoms with van der Waals surface area (Å²) < 4.78 is 63.0. The number of fused-ring (bicyclic) bond motifs is 1. The Bertz CT molecular complexity index is 1190. The highest BCUT2D eigenvalue weighted by Crippen LogP contribution is 2.40. The smallest absolute Gasteiger partial charge is 0.391 e. The van der Waals surface area contributed by atoms with Crippen molar-refractivity contribution >= 4 is 15.7 Å². The number of hydrogen-bond donors (Lipinski definition) is 2. The minimum Gasteiger partial charge on any atom is -0.394 e. The van der Waals surface area contributed by atoms with Crippen LogP contribution in [0.25, 0.3) is 0 Å². The van der Waals surface area contributed by atoms with Crippen LogP contribution in [0.15, 0.2) is 41.4 Å². The molecule has 1 atom stereocenters. The maximum atomic E-state index is 13.0. The van der Waals surface area contributed by atoms with E-state index in [0.29, 0.717) is 37.1 Å². The molecule has 4 rings (SSSR count). The number of aromatic nitrogens is 1. The van der Waals surface area contributed by atoms with Crippen molar-refractivity contribution in [1.82, 2.24) is 15.2 Å². The van der Waals surface area contributed by atoms with E-state index < -0.39 is 33.9 Å². The van der Waals surface area contributed by atoms with Gasteiger partial charge in [-0.3, -0.25) is 14.7 Å². The number of alkyl halides is 3. The number of sulfone groups is 1. The third-order valence-corrected chi connectivity index (χ3v) is 8.98. The lowest BCUT2D eigenvalue weighted by molar-refractivity contribution is -0.184. The third kappa shape index (κ3) is 5.73. The van der Waals surface area contributed by atoms with E-state index in [4.69, 9.17) is 0 Å². The van der Waals surface area contributed by atoms with Gasteiger partial charge in [0.05, 0.1) is 40.5 Å². The average Bonchev–Trinajstić information content (AvgIpc) is 3.30. The predicted octanol–water partition coefficient (Wildman–Crippen LogP) is 3.78. The zero-order valence-corrected chi connectivity index (χ0v) is 20.8. The molecule has 196 valence electrons. The maximum absolute atomic E-state index is 13.0. The molecule has 2 heterocycles. The standard InChI is InChI=1S/C25H30F3N3O4S/c1-2-36(34,35)21-9-3-16(4-10-21)23(15-32)30-24(33)17-11-18-13-31(14-22(18)29-12-17)20-7-5-19(6-8-20)25(26,27)28/h3-4,9-12,19-20,23,32H,2,5-8,13-15H2,1H3,(H,30,33). The Kier molecular flexibility index (Phi) is 7.72. The molecule has 1 aliphatic carbocycles. The number of carbonyl (C=O) groups excluding carboxylic acids is 1. The summed E-state index contributed by atoms with van der Waals surface area (Å²) in [5, 5.41) is 12.6. The van der Waals surface area contributed by atoms with Crippen molar-refractivity contribution in [3.63, 3.8) is 0 Å². The van der Waals surface area contributed by atoms with E-state index in [1.807, 2.05) is 0 Å². The molecule has 36 heavy (non-hydrogen) atoms. The lowest BCUT2D eigenvalue weighted by atomic mass is 9.85. The molecular formula is C25H30F3N3O4S. The largest absolute Gasteiger partial charge is 0.394 e. The predicted molar refractivity (Wildman–Crippen MR) is 127 cm³/mol. The van der Waals surface area contributed by atoms with Crippen molar-refractivity contribution in [3.05, 3.63) is 58.9 Å². The summed E-state index contributed by atoms with van der Waals surface area (Å²) in [6, 6.07) is 7.11. The number of aliphatic hydroxyl groups is 1. The van der Waals surface area contributed by atoms with E-state index in [-0.39, 0.29) is 36.1 Å². The summed E-state index contributed by atoms with van der Waals surface area (Å²) in [4.78, 5) is 19.6. The first-order valence-corrected chi connectivity index (χ1v) is 13.7. The molecule has 1 saturated carbocycles. The second-order valence-corrected chi connectivity index (χ2v) is 11.7. The Morgan fingerprint density at radius 3 is 2.42 bits per heavy atom. The van der Waals surface area contributed by atoms with Crippen molar-refractivity contribution in [3.8, 4) is 0 Å². The third-order valence-electron chi connectivity index (χ3n) is 7.23. The number of benzene rings is 1. The topological polar surface area (TPSA) is 99.6 Å². The maximum Gasteiger partial charge on any atom is 0.391 e. The SMILES string of the molecule is CCS(=O)(=O)c1ccc(C(CO)NC(=O)c2cnc3c(c2)CN(C2CCC(C(F)(F)F)CC2)C3)cc1. The lowest BCUT2D eigenvalue weighted by Gasteiger charge is -2.35. The molecule has 2 aliphatic rings. The minimum atomic E-state index is -4.13. The number of aliphatic hydroxyl groups excluding tert-OH is 1. The van der Waals surface area contributed by atoms with Crippen LogP contribution in [-0.4, -0.2) is 53.9 Å². The van der Waals surface area contributed by atoms with E-state index in [9.17, 15) is 31.5 Å². The first-order valence-electron chi connectivity index (χ1n) is 12.0. The van der Waals surface area contributed by atoms with Gasteiger partial charge in [0.1, 0.15) is 0 Å². The van der Waals surface area contributed by atoms with Gasteiger partial charge >= 0.3 is 6.18 Å². The highest BCUT2D eigenvalue weighted by molar-refractivity contribution is 7.91. The van der Waals surface area contributed by atoms with E-state index >= 15 is 0 Å². The Morgan fingerprint density at radius 2 is 1.83 bits per heavy atom. The Labute approximate surface area is 208 Å². The number of amides is 1. The molecule has 1 aromatic carbocycles. The summed E-state index contributed by atoms with van der Waals surface area (Å²) in [7, 11) is -3.35.